The average Bonchev–Trinajstić information content (AvgIpc) is 2.43. The molecule has 12 heteroatoms. The van der Waals surface area contributed by atoms with Crippen LogP contribution >= 0.6 is 0 Å². The van der Waals surface area contributed by atoms with E-state index in [1.165, 1.54) is 0 Å². The van der Waals surface area contributed by atoms with Crippen LogP contribution in [0.3, 0.4) is 0 Å². The third kappa shape index (κ3) is 5.01. The minimum Gasteiger partial charge on any atom is -0.440 e. The molecule has 1 rings (SSSR count). The molecule has 1 aliphatic rings. The van der Waals surface area contributed by atoms with Gasteiger partial charge >= 0.3 is 6.09 Å². The van der Waals surface area contributed by atoms with Gasteiger partial charge in [0.25, 0.3) is 10.1 Å². The van der Waals surface area contributed by atoms with Crippen molar-refractivity contribution in [2.75, 3.05) is 12.3 Å². The predicted octanol–water partition coefficient (Wildman–Crippen LogP) is -3.82. The maximum atomic E-state index is 11.4. The summed E-state index contributed by atoms with van der Waals surface area (Å²) in [6.45, 7) is -0.175. The largest absolute Gasteiger partial charge is 0.440 e. The first-order valence-corrected chi connectivity index (χ1v) is 7.95. The van der Waals surface area contributed by atoms with Gasteiger partial charge in [0.1, 0.15) is 30.5 Å². The standard InChI is InChI=1S/C10H19NO10S/c12-4-5(13)7(15)9(8(16)6(4)14)21-10(17)11-2-1-3-22(18,19)20/h4-9,12-16H,1-3H2,(H,11,17)(H,18,19,20)/t4-,5-,6?,7+,8-,9-/m0/s1. The molecular formula is C10H19NO10S. The van der Waals surface area contributed by atoms with Crippen LogP contribution < -0.4 is 5.32 Å². The molecule has 22 heavy (non-hydrogen) atoms. The molecule has 0 aromatic heterocycles. The molecule has 1 aliphatic carbocycles. The Morgan fingerprint density at radius 1 is 0.955 bits per heavy atom. The summed E-state index contributed by atoms with van der Waals surface area (Å²) in [6.07, 6.45) is -12.0. The van der Waals surface area contributed by atoms with Crippen LogP contribution in [0, 0.1) is 0 Å². The van der Waals surface area contributed by atoms with Gasteiger partial charge in [-0.05, 0) is 6.42 Å². The Hall–Kier alpha value is -1.02. The van der Waals surface area contributed by atoms with E-state index in [-0.39, 0.29) is 13.0 Å². The maximum absolute atomic E-state index is 11.4. The van der Waals surface area contributed by atoms with Crippen molar-refractivity contribution < 1.29 is 48.0 Å². The summed E-state index contributed by atoms with van der Waals surface area (Å²) in [5.41, 5.74) is 0. The number of amides is 1. The predicted molar refractivity (Wildman–Crippen MR) is 69.3 cm³/mol. The molecule has 1 unspecified atom stereocenters. The van der Waals surface area contributed by atoms with Crippen molar-refractivity contribution in [1.82, 2.24) is 5.32 Å². The van der Waals surface area contributed by atoms with Crippen molar-refractivity contribution in [3.63, 3.8) is 0 Å². The number of carbonyl (C=O) groups excluding carboxylic acids is 1. The summed E-state index contributed by atoms with van der Waals surface area (Å²) in [5, 5.41) is 49.6. The fourth-order valence-corrected chi connectivity index (χ4v) is 2.46. The van der Waals surface area contributed by atoms with Crippen molar-refractivity contribution in [1.29, 1.82) is 0 Å². The first-order valence-electron chi connectivity index (χ1n) is 6.34. The first-order chi connectivity index (χ1) is 10.0. The van der Waals surface area contributed by atoms with E-state index in [1.54, 1.807) is 0 Å². The zero-order valence-corrected chi connectivity index (χ0v) is 12.1. The van der Waals surface area contributed by atoms with E-state index < -0.39 is 58.6 Å². The zero-order valence-electron chi connectivity index (χ0n) is 11.3. The Balaban J connectivity index is 2.49. The van der Waals surface area contributed by atoms with Crippen molar-refractivity contribution in [3.8, 4) is 0 Å². The van der Waals surface area contributed by atoms with E-state index in [2.05, 4.69) is 10.1 Å². The Bertz CT molecular complexity index is 466. The molecule has 11 nitrogen and oxygen atoms in total. The molecule has 0 aromatic rings. The van der Waals surface area contributed by atoms with Gasteiger partial charge in [-0.3, -0.25) is 4.55 Å². The third-order valence-corrected chi connectivity index (χ3v) is 3.97. The van der Waals surface area contributed by atoms with E-state index >= 15 is 0 Å². The SMILES string of the molecule is O=C(NCCCS(=O)(=O)O)O[C@H]1[C@H](O)[C@@H](O)[C@H](O)C(O)[C@@H]1O. The lowest BCUT2D eigenvalue weighted by atomic mass is 9.85. The molecule has 0 aliphatic heterocycles. The molecule has 6 atom stereocenters. The van der Waals surface area contributed by atoms with Gasteiger partial charge in [0.15, 0.2) is 6.10 Å². The summed E-state index contributed by atoms with van der Waals surface area (Å²) in [7, 11) is -4.15. The lowest BCUT2D eigenvalue weighted by molar-refractivity contribution is -0.222. The zero-order chi connectivity index (χ0) is 17.1. The molecule has 130 valence electrons. The first kappa shape index (κ1) is 19.0. The quantitative estimate of drug-likeness (QED) is 0.192. The number of aliphatic hydroxyl groups excluding tert-OH is 5. The van der Waals surface area contributed by atoms with Crippen LogP contribution in [-0.2, 0) is 14.9 Å². The lowest BCUT2D eigenvalue weighted by Crippen LogP contribution is -2.64. The van der Waals surface area contributed by atoms with Crippen LogP contribution in [0.4, 0.5) is 4.79 Å². The average molecular weight is 345 g/mol. The topological polar surface area (TPSA) is 194 Å². The third-order valence-electron chi connectivity index (χ3n) is 3.16. The lowest BCUT2D eigenvalue weighted by Gasteiger charge is -2.40. The van der Waals surface area contributed by atoms with Gasteiger partial charge in [0.05, 0.1) is 5.75 Å². The summed E-state index contributed by atoms with van der Waals surface area (Å²) < 4.78 is 34.0. The number of hydrogen-bond donors (Lipinski definition) is 7. The van der Waals surface area contributed by atoms with E-state index in [0.29, 0.717) is 0 Å². The van der Waals surface area contributed by atoms with Crippen LogP contribution in [0.1, 0.15) is 6.42 Å². The Labute approximate surface area is 125 Å². The molecule has 1 saturated carbocycles. The van der Waals surface area contributed by atoms with Crippen LogP contribution in [0.25, 0.3) is 0 Å². The minimum atomic E-state index is -4.15. The van der Waals surface area contributed by atoms with E-state index in [1.807, 2.05) is 0 Å². The van der Waals surface area contributed by atoms with E-state index in [4.69, 9.17) is 4.55 Å². The molecule has 0 radical (unpaired) electrons. The molecule has 7 N–H and O–H groups in total. The van der Waals surface area contributed by atoms with Gasteiger partial charge in [-0.15, -0.1) is 0 Å². The van der Waals surface area contributed by atoms with Gasteiger partial charge in [0, 0.05) is 6.54 Å². The highest BCUT2D eigenvalue weighted by molar-refractivity contribution is 7.85. The molecule has 0 aromatic carbocycles. The second-order valence-electron chi connectivity index (χ2n) is 4.89. The molecular weight excluding hydrogens is 326 g/mol. The second kappa shape index (κ2) is 7.50. The number of hydrogen-bond acceptors (Lipinski definition) is 9. The molecule has 0 heterocycles. The molecule has 0 saturated heterocycles. The highest BCUT2D eigenvalue weighted by atomic mass is 32.2. The second-order valence-corrected chi connectivity index (χ2v) is 6.46. The number of alkyl carbamates (subject to hydrolysis) is 1. The smallest absolute Gasteiger partial charge is 0.407 e. The van der Waals surface area contributed by atoms with Crippen molar-refractivity contribution in [2.45, 2.75) is 43.0 Å². The highest BCUT2D eigenvalue weighted by Gasteiger charge is 2.50. The molecule has 1 fully saturated rings. The minimum absolute atomic E-state index is 0.104. The Morgan fingerprint density at radius 3 is 1.86 bits per heavy atom. The molecule has 0 bridgehead atoms. The maximum Gasteiger partial charge on any atom is 0.407 e. The van der Waals surface area contributed by atoms with E-state index in [0.717, 1.165) is 0 Å². The van der Waals surface area contributed by atoms with Crippen LogP contribution in [0.2, 0.25) is 0 Å². The fourth-order valence-electron chi connectivity index (χ4n) is 1.95. The monoisotopic (exact) mass is 345 g/mol. The van der Waals surface area contributed by atoms with Crippen LogP contribution in [0.15, 0.2) is 0 Å². The number of carbonyl (C=O) groups is 1. The number of ether oxygens (including phenoxy) is 1. The van der Waals surface area contributed by atoms with Crippen LogP contribution in [0.5, 0.6) is 0 Å². The van der Waals surface area contributed by atoms with Crippen molar-refractivity contribution >= 4 is 16.2 Å². The van der Waals surface area contributed by atoms with E-state index in [9.17, 15) is 38.7 Å². The van der Waals surface area contributed by atoms with Gasteiger partial charge in [-0.2, -0.15) is 8.42 Å². The Kier molecular flexibility index (Phi) is 6.49. The summed E-state index contributed by atoms with van der Waals surface area (Å²) in [6, 6.07) is 0. The van der Waals surface area contributed by atoms with Gasteiger partial charge in [-0.1, -0.05) is 0 Å². The summed E-state index contributed by atoms with van der Waals surface area (Å²) in [4.78, 5) is 11.4. The van der Waals surface area contributed by atoms with Crippen LogP contribution in [-0.4, -0.2) is 93.5 Å². The normalized spacial score (nSPS) is 35.9. The Morgan fingerprint density at radius 2 is 1.41 bits per heavy atom. The van der Waals surface area contributed by atoms with Gasteiger partial charge in [-0.25, -0.2) is 4.79 Å². The van der Waals surface area contributed by atoms with Gasteiger partial charge in [0.2, 0.25) is 0 Å². The summed E-state index contributed by atoms with van der Waals surface area (Å²) in [5.74, 6) is -0.578. The fraction of sp³-hybridized carbons (Fsp3) is 0.900. The van der Waals surface area contributed by atoms with Crippen molar-refractivity contribution in [3.05, 3.63) is 0 Å². The number of nitrogens with one attached hydrogen (secondary N) is 1. The summed E-state index contributed by atoms with van der Waals surface area (Å²) >= 11 is 0. The molecule has 1 amide bonds. The molecule has 0 spiro atoms. The number of rotatable bonds is 5. The van der Waals surface area contributed by atoms with Crippen molar-refractivity contribution in [2.24, 2.45) is 0 Å². The van der Waals surface area contributed by atoms with Gasteiger partial charge < -0.3 is 35.6 Å². The number of aliphatic hydroxyl groups is 5. The highest BCUT2D eigenvalue weighted by Crippen LogP contribution is 2.23.